The third kappa shape index (κ3) is 3.58. The lowest BCUT2D eigenvalue weighted by atomic mass is 9.92. The van der Waals surface area contributed by atoms with E-state index >= 15 is 0 Å². The quantitative estimate of drug-likeness (QED) is 0.693. The number of carbonyl (C=O) groups excluding carboxylic acids is 1. The van der Waals surface area contributed by atoms with Gasteiger partial charge in [-0.2, -0.15) is 10.1 Å². The zero-order chi connectivity index (χ0) is 21.3. The molecule has 0 saturated heterocycles. The highest BCUT2D eigenvalue weighted by molar-refractivity contribution is 5.96. The summed E-state index contributed by atoms with van der Waals surface area (Å²) < 4.78 is 39.3. The summed E-state index contributed by atoms with van der Waals surface area (Å²) in [4.78, 5) is 17.0. The van der Waals surface area contributed by atoms with Gasteiger partial charge in [0.1, 0.15) is 17.1 Å². The largest absolute Gasteiger partial charge is 0.481 e. The minimum absolute atomic E-state index is 0.159. The third-order valence-electron chi connectivity index (χ3n) is 5.11. The Hall–Kier alpha value is -3.49. The van der Waals surface area contributed by atoms with Crippen LogP contribution in [0.1, 0.15) is 40.5 Å². The Bertz CT molecular complexity index is 1100. The summed E-state index contributed by atoms with van der Waals surface area (Å²) >= 11 is 0. The lowest BCUT2D eigenvalue weighted by molar-refractivity contribution is 0.0928. The molecule has 1 aliphatic rings. The molecule has 1 N–H and O–H groups in total. The number of hydrogen-bond acceptors (Lipinski definition) is 5. The lowest BCUT2D eigenvalue weighted by Crippen LogP contribution is -2.31. The summed E-state index contributed by atoms with van der Waals surface area (Å²) in [6.45, 7) is 0. The average molecular weight is 414 g/mol. The van der Waals surface area contributed by atoms with E-state index in [-0.39, 0.29) is 29.1 Å². The van der Waals surface area contributed by atoms with E-state index in [2.05, 4.69) is 15.4 Å². The number of pyridine rings is 1. The Balaban J connectivity index is 1.62. The van der Waals surface area contributed by atoms with Gasteiger partial charge in [-0.3, -0.25) is 4.79 Å². The van der Waals surface area contributed by atoms with Gasteiger partial charge in [0.25, 0.3) is 5.91 Å². The molecule has 0 radical (unpaired) electrons. The number of nitrogens with zero attached hydrogens (tertiary/aromatic N) is 3. The molecular weight excluding hydrogens is 394 g/mol. The van der Waals surface area contributed by atoms with Crippen LogP contribution < -0.4 is 14.8 Å². The number of fused-ring (bicyclic) bond motifs is 1. The SMILES string of the molecule is COc1ccc(C(=O)N[C@@H]2CCCc3c2cnn3-c2ccc(F)cc2F)c(OC)n1. The number of ether oxygens (including phenoxy) is 2. The first kappa shape index (κ1) is 19.8. The molecule has 0 saturated carbocycles. The number of amides is 1. The second-order valence-electron chi connectivity index (χ2n) is 6.88. The number of benzene rings is 1. The van der Waals surface area contributed by atoms with Crippen molar-refractivity contribution < 1.29 is 23.0 Å². The molecule has 0 bridgehead atoms. The number of aromatic nitrogens is 3. The number of nitrogens with one attached hydrogen (secondary N) is 1. The van der Waals surface area contributed by atoms with Gasteiger partial charge >= 0.3 is 0 Å². The summed E-state index contributed by atoms with van der Waals surface area (Å²) in [5.74, 6) is -1.19. The zero-order valence-electron chi connectivity index (χ0n) is 16.5. The highest BCUT2D eigenvalue weighted by Crippen LogP contribution is 2.32. The van der Waals surface area contributed by atoms with Crippen molar-refractivity contribution in [1.29, 1.82) is 0 Å². The summed E-state index contributed by atoms with van der Waals surface area (Å²) in [5.41, 5.74) is 2.05. The van der Waals surface area contributed by atoms with Crippen molar-refractivity contribution in [2.45, 2.75) is 25.3 Å². The Labute approximate surface area is 171 Å². The highest BCUT2D eigenvalue weighted by Gasteiger charge is 2.28. The first-order valence-electron chi connectivity index (χ1n) is 9.44. The number of rotatable bonds is 5. The molecule has 4 rings (SSSR count). The Morgan fingerprint density at radius 3 is 2.77 bits per heavy atom. The van der Waals surface area contributed by atoms with Crippen LogP contribution in [0.4, 0.5) is 8.78 Å². The molecule has 7 nitrogen and oxygen atoms in total. The van der Waals surface area contributed by atoms with Crippen molar-refractivity contribution in [3.05, 3.63) is 65.0 Å². The molecule has 30 heavy (non-hydrogen) atoms. The van der Waals surface area contributed by atoms with Gasteiger partial charge in [-0.25, -0.2) is 13.5 Å². The molecular formula is C21H20F2N4O3. The number of methoxy groups -OCH3 is 2. The van der Waals surface area contributed by atoms with Gasteiger partial charge in [-0.15, -0.1) is 0 Å². The van der Waals surface area contributed by atoms with Crippen LogP contribution in [-0.2, 0) is 6.42 Å². The second-order valence-corrected chi connectivity index (χ2v) is 6.88. The highest BCUT2D eigenvalue weighted by atomic mass is 19.1. The Morgan fingerprint density at radius 1 is 1.20 bits per heavy atom. The van der Waals surface area contributed by atoms with Gasteiger partial charge in [-0.05, 0) is 37.5 Å². The molecule has 0 fully saturated rings. The fourth-order valence-corrected chi connectivity index (χ4v) is 3.67. The molecule has 1 aliphatic carbocycles. The molecule has 3 aromatic rings. The topological polar surface area (TPSA) is 78.3 Å². The van der Waals surface area contributed by atoms with Gasteiger partial charge in [0, 0.05) is 23.4 Å². The van der Waals surface area contributed by atoms with Crippen LogP contribution in [0.15, 0.2) is 36.5 Å². The molecule has 1 atom stereocenters. The Kier molecular flexibility index (Phi) is 5.35. The first-order chi connectivity index (χ1) is 14.5. The summed E-state index contributed by atoms with van der Waals surface area (Å²) in [6.07, 6.45) is 3.78. The maximum Gasteiger partial charge on any atom is 0.257 e. The van der Waals surface area contributed by atoms with Crippen molar-refractivity contribution in [1.82, 2.24) is 20.1 Å². The van der Waals surface area contributed by atoms with Crippen molar-refractivity contribution in [3.8, 4) is 17.4 Å². The van der Waals surface area contributed by atoms with Gasteiger partial charge in [0.15, 0.2) is 5.82 Å². The van der Waals surface area contributed by atoms with Crippen LogP contribution in [0.5, 0.6) is 11.8 Å². The average Bonchev–Trinajstić information content (AvgIpc) is 3.18. The molecule has 156 valence electrons. The van der Waals surface area contributed by atoms with Gasteiger partial charge < -0.3 is 14.8 Å². The van der Waals surface area contributed by atoms with Crippen LogP contribution >= 0.6 is 0 Å². The van der Waals surface area contributed by atoms with Crippen LogP contribution in [0.25, 0.3) is 5.69 Å². The van der Waals surface area contributed by atoms with Crippen LogP contribution in [0.2, 0.25) is 0 Å². The van der Waals surface area contributed by atoms with Crippen molar-refractivity contribution in [2.24, 2.45) is 0 Å². The molecule has 0 spiro atoms. The monoisotopic (exact) mass is 414 g/mol. The maximum absolute atomic E-state index is 14.3. The Morgan fingerprint density at radius 2 is 2.03 bits per heavy atom. The molecule has 9 heteroatoms. The molecule has 2 heterocycles. The normalized spacial score (nSPS) is 15.4. The summed E-state index contributed by atoms with van der Waals surface area (Å²) in [7, 11) is 2.91. The number of carbonyl (C=O) groups is 1. The molecule has 2 aromatic heterocycles. The third-order valence-corrected chi connectivity index (χ3v) is 5.11. The maximum atomic E-state index is 14.3. The van der Waals surface area contributed by atoms with Gasteiger partial charge in [-0.1, -0.05) is 0 Å². The molecule has 0 unspecified atom stereocenters. The fraction of sp³-hybridized carbons (Fsp3) is 0.286. The van der Waals surface area contributed by atoms with E-state index in [1.54, 1.807) is 18.3 Å². The van der Waals surface area contributed by atoms with Gasteiger partial charge in [0.2, 0.25) is 11.8 Å². The predicted molar refractivity (Wildman–Crippen MR) is 104 cm³/mol. The van der Waals surface area contributed by atoms with E-state index in [0.717, 1.165) is 23.7 Å². The van der Waals surface area contributed by atoms with Crippen LogP contribution in [0, 0.1) is 11.6 Å². The first-order valence-corrected chi connectivity index (χ1v) is 9.44. The van der Waals surface area contributed by atoms with Crippen molar-refractivity contribution in [2.75, 3.05) is 14.2 Å². The molecule has 1 aromatic carbocycles. The molecule has 1 amide bonds. The van der Waals surface area contributed by atoms with E-state index in [1.165, 1.54) is 31.0 Å². The summed E-state index contributed by atoms with van der Waals surface area (Å²) in [5, 5.41) is 7.28. The number of hydrogen-bond donors (Lipinski definition) is 1. The number of halogens is 2. The van der Waals surface area contributed by atoms with E-state index in [4.69, 9.17) is 9.47 Å². The van der Waals surface area contributed by atoms with Crippen LogP contribution in [-0.4, -0.2) is 34.9 Å². The van der Waals surface area contributed by atoms with Crippen molar-refractivity contribution in [3.63, 3.8) is 0 Å². The minimum Gasteiger partial charge on any atom is -0.481 e. The molecule has 0 aliphatic heterocycles. The smallest absolute Gasteiger partial charge is 0.257 e. The zero-order valence-corrected chi connectivity index (χ0v) is 16.5. The van der Waals surface area contributed by atoms with E-state index in [0.29, 0.717) is 18.7 Å². The van der Waals surface area contributed by atoms with E-state index in [1.807, 2.05) is 0 Å². The summed E-state index contributed by atoms with van der Waals surface area (Å²) in [6, 6.07) is 6.24. The van der Waals surface area contributed by atoms with E-state index < -0.39 is 11.6 Å². The van der Waals surface area contributed by atoms with Crippen LogP contribution in [0.3, 0.4) is 0 Å². The lowest BCUT2D eigenvalue weighted by Gasteiger charge is -2.24. The minimum atomic E-state index is -0.693. The van der Waals surface area contributed by atoms with Gasteiger partial charge in [0.05, 0.1) is 26.5 Å². The standard InChI is InChI=1S/C21H20F2N4O3/c1-29-19-9-7-13(21(26-19)30-2)20(28)25-16-4-3-5-17-14(16)11-24-27(17)18-8-6-12(22)10-15(18)23/h6-11,16H,3-5H2,1-2H3,(H,25,28)/t16-/m1/s1. The van der Waals surface area contributed by atoms with E-state index in [9.17, 15) is 13.6 Å². The van der Waals surface area contributed by atoms with Crippen molar-refractivity contribution >= 4 is 5.91 Å². The fourth-order valence-electron chi connectivity index (χ4n) is 3.67. The second kappa shape index (κ2) is 8.10. The predicted octanol–water partition coefficient (Wildman–Crippen LogP) is 3.37.